The SMILES string of the molecule is Cc1ccc2c(c1)NC(=O)C2CC(=O)NCCN1Cc2ccccc2OC(c2ccccc2)C1. The van der Waals surface area contributed by atoms with Crippen molar-refractivity contribution in [3.8, 4) is 5.75 Å². The Hall–Kier alpha value is -3.64. The summed E-state index contributed by atoms with van der Waals surface area (Å²) in [5.74, 6) is 0.253. The number of carbonyl (C=O) groups is 2. The van der Waals surface area contributed by atoms with Crippen LogP contribution >= 0.6 is 0 Å². The van der Waals surface area contributed by atoms with E-state index >= 15 is 0 Å². The summed E-state index contributed by atoms with van der Waals surface area (Å²) in [7, 11) is 0. The van der Waals surface area contributed by atoms with Gasteiger partial charge in [-0.25, -0.2) is 0 Å². The third-order valence-corrected chi connectivity index (χ3v) is 6.53. The zero-order valence-electron chi connectivity index (χ0n) is 19.3. The predicted octanol–water partition coefficient (Wildman–Crippen LogP) is 4.17. The molecule has 34 heavy (non-hydrogen) atoms. The average Bonchev–Trinajstić information content (AvgIpc) is 3.01. The number of hydrogen-bond acceptors (Lipinski definition) is 4. The standard InChI is InChI=1S/C28H29N3O3/c1-19-11-12-22-23(28(33)30-24(22)15-19)16-27(32)29-13-14-31-17-21-9-5-6-10-25(21)34-26(18-31)20-7-3-2-4-8-20/h2-12,15,23,26H,13-14,16-18H2,1H3,(H,29,32)(H,30,33). The van der Waals surface area contributed by atoms with E-state index in [9.17, 15) is 9.59 Å². The third kappa shape index (κ3) is 4.82. The number of aryl methyl sites for hydroxylation is 1. The number of ether oxygens (including phenoxy) is 1. The molecule has 3 aromatic carbocycles. The molecule has 0 saturated heterocycles. The monoisotopic (exact) mass is 455 g/mol. The van der Waals surface area contributed by atoms with E-state index in [1.165, 1.54) is 0 Å². The Bertz CT molecular complexity index is 1190. The van der Waals surface area contributed by atoms with Gasteiger partial charge in [0.25, 0.3) is 0 Å². The lowest BCUT2D eigenvalue weighted by molar-refractivity contribution is -0.125. The number of fused-ring (bicyclic) bond motifs is 2. The molecular weight excluding hydrogens is 426 g/mol. The van der Waals surface area contributed by atoms with Gasteiger partial charge in [0.1, 0.15) is 11.9 Å². The first-order chi connectivity index (χ1) is 16.6. The minimum absolute atomic E-state index is 0.0808. The number of nitrogens with one attached hydrogen (secondary N) is 2. The van der Waals surface area contributed by atoms with Crippen LogP contribution in [0.5, 0.6) is 5.75 Å². The summed E-state index contributed by atoms with van der Waals surface area (Å²) in [5, 5.41) is 5.91. The zero-order valence-corrected chi connectivity index (χ0v) is 19.3. The van der Waals surface area contributed by atoms with Crippen molar-refractivity contribution in [1.82, 2.24) is 10.2 Å². The van der Waals surface area contributed by atoms with Crippen molar-refractivity contribution in [1.29, 1.82) is 0 Å². The molecule has 6 heteroatoms. The highest BCUT2D eigenvalue weighted by atomic mass is 16.5. The molecule has 0 aliphatic carbocycles. The molecule has 2 atom stereocenters. The van der Waals surface area contributed by atoms with Gasteiger partial charge in [-0.1, -0.05) is 60.7 Å². The van der Waals surface area contributed by atoms with Crippen LogP contribution < -0.4 is 15.4 Å². The molecule has 0 spiro atoms. The maximum absolute atomic E-state index is 12.7. The van der Waals surface area contributed by atoms with Gasteiger partial charge < -0.3 is 15.4 Å². The molecule has 2 N–H and O–H groups in total. The molecule has 0 bridgehead atoms. The maximum atomic E-state index is 12.7. The van der Waals surface area contributed by atoms with E-state index in [-0.39, 0.29) is 24.3 Å². The Kier molecular flexibility index (Phi) is 6.32. The third-order valence-electron chi connectivity index (χ3n) is 6.53. The predicted molar refractivity (Wildman–Crippen MR) is 132 cm³/mol. The van der Waals surface area contributed by atoms with Gasteiger partial charge in [-0.15, -0.1) is 0 Å². The molecule has 2 amide bonds. The van der Waals surface area contributed by atoms with E-state index in [1.807, 2.05) is 61.5 Å². The molecule has 174 valence electrons. The Balaban J connectivity index is 1.21. The number of carbonyl (C=O) groups excluding carboxylic acids is 2. The summed E-state index contributed by atoms with van der Waals surface area (Å²) < 4.78 is 6.37. The maximum Gasteiger partial charge on any atom is 0.232 e. The molecule has 2 aliphatic rings. The van der Waals surface area contributed by atoms with Crippen molar-refractivity contribution >= 4 is 17.5 Å². The van der Waals surface area contributed by atoms with Gasteiger partial charge in [-0.2, -0.15) is 0 Å². The minimum Gasteiger partial charge on any atom is -0.484 e. The first-order valence-corrected chi connectivity index (χ1v) is 11.8. The fourth-order valence-corrected chi connectivity index (χ4v) is 4.75. The lowest BCUT2D eigenvalue weighted by Gasteiger charge is -2.24. The summed E-state index contributed by atoms with van der Waals surface area (Å²) >= 11 is 0. The van der Waals surface area contributed by atoms with E-state index in [0.717, 1.165) is 46.8 Å². The van der Waals surface area contributed by atoms with Crippen LogP contribution in [0, 0.1) is 6.92 Å². The van der Waals surface area contributed by atoms with Gasteiger partial charge in [0.2, 0.25) is 11.8 Å². The van der Waals surface area contributed by atoms with Crippen molar-refractivity contribution in [3.05, 3.63) is 95.1 Å². The topological polar surface area (TPSA) is 70.7 Å². The highest BCUT2D eigenvalue weighted by Crippen LogP contribution is 2.35. The van der Waals surface area contributed by atoms with Crippen molar-refractivity contribution < 1.29 is 14.3 Å². The van der Waals surface area contributed by atoms with Crippen molar-refractivity contribution in [2.75, 3.05) is 25.0 Å². The second-order valence-electron chi connectivity index (χ2n) is 9.05. The van der Waals surface area contributed by atoms with Gasteiger partial charge in [-0.05, 0) is 35.7 Å². The van der Waals surface area contributed by atoms with Gasteiger partial charge in [0, 0.05) is 43.9 Å². The highest BCUT2D eigenvalue weighted by molar-refractivity contribution is 6.05. The number of para-hydroxylation sites is 1. The van der Waals surface area contributed by atoms with Crippen LogP contribution in [0.2, 0.25) is 0 Å². The smallest absolute Gasteiger partial charge is 0.232 e. The van der Waals surface area contributed by atoms with Gasteiger partial charge in [-0.3, -0.25) is 14.5 Å². The normalized spacial score (nSPS) is 19.4. The number of benzene rings is 3. The van der Waals surface area contributed by atoms with Crippen LogP contribution in [-0.4, -0.2) is 36.3 Å². The van der Waals surface area contributed by atoms with E-state index in [4.69, 9.17) is 4.74 Å². The fraction of sp³-hybridized carbons (Fsp3) is 0.286. The quantitative estimate of drug-likeness (QED) is 0.585. The second kappa shape index (κ2) is 9.69. The largest absolute Gasteiger partial charge is 0.484 e. The molecule has 0 aromatic heterocycles. The number of anilines is 1. The lowest BCUT2D eigenvalue weighted by Crippen LogP contribution is -2.37. The van der Waals surface area contributed by atoms with Crippen LogP contribution in [-0.2, 0) is 16.1 Å². The summed E-state index contributed by atoms with van der Waals surface area (Å²) in [6.07, 6.45) is 0.0724. The highest BCUT2D eigenvalue weighted by Gasteiger charge is 2.32. The Morgan fingerprint density at radius 3 is 2.74 bits per heavy atom. The molecule has 6 nitrogen and oxygen atoms in total. The van der Waals surface area contributed by atoms with Crippen molar-refractivity contribution in [2.45, 2.75) is 31.9 Å². The number of amides is 2. The minimum atomic E-state index is -0.434. The van der Waals surface area contributed by atoms with E-state index in [1.54, 1.807) is 0 Å². The van der Waals surface area contributed by atoms with Gasteiger partial charge >= 0.3 is 0 Å². The van der Waals surface area contributed by atoms with Crippen molar-refractivity contribution in [2.24, 2.45) is 0 Å². The van der Waals surface area contributed by atoms with E-state index in [2.05, 4.69) is 33.7 Å². The van der Waals surface area contributed by atoms with Crippen LogP contribution in [0.4, 0.5) is 5.69 Å². The summed E-state index contributed by atoms with van der Waals surface area (Å²) in [5.41, 5.74) is 5.08. The molecule has 2 unspecified atom stereocenters. The van der Waals surface area contributed by atoms with E-state index in [0.29, 0.717) is 13.1 Å². The van der Waals surface area contributed by atoms with Gasteiger partial charge in [0.05, 0.1) is 5.92 Å². The van der Waals surface area contributed by atoms with E-state index < -0.39 is 5.92 Å². The van der Waals surface area contributed by atoms with Crippen LogP contribution in [0.25, 0.3) is 0 Å². The zero-order chi connectivity index (χ0) is 23.5. The molecule has 2 heterocycles. The molecule has 2 aliphatic heterocycles. The molecule has 0 saturated carbocycles. The number of rotatable bonds is 6. The molecule has 3 aromatic rings. The average molecular weight is 456 g/mol. The van der Waals surface area contributed by atoms with Crippen LogP contribution in [0.3, 0.4) is 0 Å². The molecule has 0 fully saturated rings. The summed E-state index contributed by atoms with van der Waals surface area (Å²) in [6, 6.07) is 24.2. The molecular formula is C28H29N3O3. The van der Waals surface area contributed by atoms with Crippen LogP contribution in [0.15, 0.2) is 72.8 Å². The number of hydrogen-bond donors (Lipinski definition) is 2. The Labute approximate surface area is 199 Å². The Morgan fingerprint density at radius 2 is 1.88 bits per heavy atom. The lowest BCUT2D eigenvalue weighted by atomic mass is 9.96. The van der Waals surface area contributed by atoms with Gasteiger partial charge in [0.15, 0.2) is 0 Å². The molecule has 5 rings (SSSR count). The fourth-order valence-electron chi connectivity index (χ4n) is 4.75. The van der Waals surface area contributed by atoms with Crippen LogP contribution in [0.1, 0.15) is 40.7 Å². The number of nitrogens with zero attached hydrogens (tertiary/aromatic N) is 1. The first-order valence-electron chi connectivity index (χ1n) is 11.8. The summed E-state index contributed by atoms with van der Waals surface area (Å²) in [6.45, 7) is 4.68. The molecule has 0 radical (unpaired) electrons. The second-order valence-corrected chi connectivity index (χ2v) is 9.05. The first kappa shape index (κ1) is 22.2. The Morgan fingerprint density at radius 1 is 1.09 bits per heavy atom. The summed E-state index contributed by atoms with van der Waals surface area (Å²) in [4.78, 5) is 27.4. The van der Waals surface area contributed by atoms with Crippen molar-refractivity contribution in [3.63, 3.8) is 0 Å².